The average molecular weight is 285 g/mol. The first kappa shape index (κ1) is 15.4. The molecule has 104 valence electrons. The molecule has 0 aliphatic carbocycles. The van der Waals surface area contributed by atoms with Gasteiger partial charge in [0.2, 0.25) is 0 Å². The lowest BCUT2D eigenvalue weighted by molar-refractivity contribution is 0.0988. The largest absolute Gasteiger partial charge is 0.465 e. The van der Waals surface area contributed by atoms with Crippen LogP contribution in [0.15, 0.2) is 12.1 Å². The van der Waals surface area contributed by atoms with E-state index in [1.54, 1.807) is 27.7 Å². The van der Waals surface area contributed by atoms with E-state index in [0.717, 1.165) is 4.90 Å². The number of Topliss-reactive ketones (excluding diaryl/α,β-unsaturated/α-hetero) is 1. The van der Waals surface area contributed by atoms with Crippen LogP contribution < -0.4 is 4.90 Å². The summed E-state index contributed by atoms with van der Waals surface area (Å²) in [7, 11) is 0. The molecule has 1 rings (SSSR count). The van der Waals surface area contributed by atoms with Gasteiger partial charge < -0.3 is 5.11 Å². The van der Waals surface area contributed by atoms with E-state index in [4.69, 9.17) is 11.6 Å². The monoisotopic (exact) mass is 284 g/mol. The molecule has 19 heavy (non-hydrogen) atoms. The van der Waals surface area contributed by atoms with E-state index in [0.29, 0.717) is 0 Å². The summed E-state index contributed by atoms with van der Waals surface area (Å²) >= 11 is 5.82. The Morgan fingerprint density at radius 2 is 1.95 bits per heavy atom. The fraction of sp³-hybridized carbons (Fsp3) is 0.462. The summed E-state index contributed by atoms with van der Waals surface area (Å²) in [5.74, 6) is -0.0889. The third-order valence-corrected chi connectivity index (χ3v) is 2.75. The Kier molecular flexibility index (Phi) is 4.52. The van der Waals surface area contributed by atoms with Crippen LogP contribution in [0.3, 0.4) is 0 Å². The summed E-state index contributed by atoms with van der Waals surface area (Å²) in [4.78, 5) is 28.4. The third-order valence-electron chi connectivity index (χ3n) is 2.54. The number of carbonyl (C=O) groups is 2. The van der Waals surface area contributed by atoms with E-state index in [-0.39, 0.29) is 28.7 Å². The molecule has 0 atom stereocenters. The van der Waals surface area contributed by atoms with Crippen molar-refractivity contribution >= 4 is 29.3 Å². The zero-order valence-corrected chi connectivity index (χ0v) is 12.2. The molecule has 0 aliphatic heterocycles. The molecule has 1 heterocycles. The molecule has 0 spiro atoms. The lowest BCUT2D eigenvalue weighted by atomic mass is 10.0. The van der Waals surface area contributed by atoms with Gasteiger partial charge >= 0.3 is 6.09 Å². The number of aromatic nitrogens is 1. The molecular formula is C13H17ClN2O3. The molecule has 1 aromatic heterocycles. The standard InChI is InChI=1S/C13H17ClN2O3/c1-5-9(17)8-6-7-10(14)15-11(8)16(12(18)19)13(2,3)4/h6-7H,5H2,1-4H3,(H,18,19). The van der Waals surface area contributed by atoms with Crippen molar-refractivity contribution < 1.29 is 14.7 Å². The highest BCUT2D eigenvalue weighted by molar-refractivity contribution is 6.29. The summed E-state index contributed by atoms with van der Waals surface area (Å²) in [5.41, 5.74) is -0.462. The van der Waals surface area contributed by atoms with E-state index in [2.05, 4.69) is 4.98 Å². The Bertz CT molecular complexity index is 509. The van der Waals surface area contributed by atoms with Crippen molar-refractivity contribution in [3.8, 4) is 0 Å². The predicted molar refractivity (Wildman–Crippen MR) is 74.1 cm³/mol. The maximum atomic E-state index is 11.9. The van der Waals surface area contributed by atoms with Crippen molar-refractivity contribution in [2.45, 2.75) is 39.7 Å². The highest BCUT2D eigenvalue weighted by atomic mass is 35.5. The summed E-state index contributed by atoms with van der Waals surface area (Å²) in [6, 6.07) is 2.99. The van der Waals surface area contributed by atoms with Gasteiger partial charge in [-0.1, -0.05) is 18.5 Å². The highest BCUT2D eigenvalue weighted by Gasteiger charge is 2.32. The Labute approximate surface area is 117 Å². The molecule has 1 amide bonds. The van der Waals surface area contributed by atoms with Crippen LogP contribution in [0.2, 0.25) is 5.15 Å². The van der Waals surface area contributed by atoms with E-state index in [1.165, 1.54) is 12.1 Å². The molecule has 0 aliphatic rings. The molecule has 0 saturated carbocycles. The molecule has 0 aromatic carbocycles. The molecule has 0 unspecified atom stereocenters. The normalized spacial score (nSPS) is 11.2. The molecule has 0 saturated heterocycles. The van der Waals surface area contributed by atoms with Crippen LogP contribution in [0, 0.1) is 0 Å². The lowest BCUT2D eigenvalue weighted by Crippen LogP contribution is -2.46. The van der Waals surface area contributed by atoms with Gasteiger partial charge in [0.25, 0.3) is 0 Å². The number of hydrogen-bond donors (Lipinski definition) is 1. The van der Waals surface area contributed by atoms with Gasteiger partial charge in [0, 0.05) is 12.0 Å². The van der Waals surface area contributed by atoms with Crippen molar-refractivity contribution in [3.63, 3.8) is 0 Å². The van der Waals surface area contributed by atoms with Crippen molar-refractivity contribution in [2.24, 2.45) is 0 Å². The average Bonchev–Trinajstić information content (AvgIpc) is 2.26. The maximum Gasteiger partial charge on any atom is 0.413 e. The number of rotatable bonds is 3. The fourth-order valence-corrected chi connectivity index (χ4v) is 1.84. The van der Waals surface area contributed by atoms with Gasteiger partial charge in [-0.05, 0) is 32.9 Å². The zero-order chi connectivity index (χ0) is 14.8. The summed E-state index contributed by atoms with van der Waals surface area (Å²) in [6.45, 7) is 6.89. The molecule has 1 N–H and O–H groups in total. The van der Waals surface area contributed by atoms with Crippen LogP contribution >= 0.6 is 11.6 Å². The van der Waals surface area contributed by atoms with Crippen molar-refractivity contribution in [3.05, 3.63) is 22.8 Å². The number of halogens is 1. The maximum absolute atomic E-state index is 11.9. The second-order valence-electron chi connectivity index (χ2n) is 5.07. The lowest BCUT2D eigenvalue weighted by Gasteiger charge is -2.33. The Hall–Kier alpha value is -1.62. The first-order valence-electron chi connectivity index (χ1n) is 5.91. The molecule has 0 bridgehead atoms. The van der Waals surface area contributed by atoms with E-state index in [9.17, 15) is 14.7 Å². The fourth-order valence-electron chi connectivity index (χ4n) is 1.70. The quantitative estimate of drug-likeness (QED) is 0.680. The summed E-state index contributed by atoms with van der Waals surface area (Å²) < 4.78 is 0. The molecular weight excluding hydrogens is 268 g/mol. The van der Waals surface area contributed by atoms with Gasteiger partial charge in [0.05, 0.1) is 5.56 Å². The van der Waals surface area contributed by atoms with Gasteiger partial charge in [0.1, 0.15) is 5.15 Å². The van der Waals surface area contributed by atoms with Gasteiger partial charge in [-0.3, -0.25) is 9.69 Å². The van der Waals surface area contributed by atoms with E-state index >= 15 is 0 Å². The Balaban J connectivity index is 3.49. The number of nitrogens with zero attached hydrogens (tertiary/aromatic N) is 2. The number of pyridine rings is 1. The Morgan fingerprint density at radius 3 is 2.37 bits per heavy atom. The minimum absolute atomic E-state index is 0.0827. The van der Waals surface area contributed by atoms with Gasteiger partial charge in [0.15, 0.2) is 11.6 Å². The minimum atomic E-state index is -1.17. The third kappa shape index (κ3) is 3.44. The summed E-state index contributed by atoms with van der Waals surface area (Å²) in [6.07, 6.45) is -0.902. The first-order chi connectivity index (χ1) is 8.68. The molecule has 1 aromatic rings. The van der Waals surface area contributed by atoms with Crippen LogP contribution in [0.1, 0.15) is 44.5 Å². The van der Waals surface area contributed by atoms with E-state index < -0.39 is 11.6 Å². The van der Waals surface area contributed by atoms with Crippen LogP contribution in [0.4, 0.5) is 10.6 Å². The topological polar surface area (TPSA) is 70.5 Å². The van der Waals surface area contributed by atoms with Gasteiger partial charge in [-0.15, -0.1) is 0 Å². The summed E-state index contributed by atoms with van der Waals surface area (Å²) in [5, 5.41) is 9.51. The number of anilines is 1. The van der Waals surface area contributed by atoms with Crippen molar-refractivity contribution in [1.82, 2.24) is 4.98 Å². The highest BCUT2D eigenvalue weighted by Crippen LogP contribution is 2.28. The molecule has 0 radical (unpaired) electrons. The SMILES string of the molecule is CCC(=O)c1ccc(Cl)nc1N(C(=O)O)C(C)(C)C. The number of hydrogen-bond acceptors (Lipinski definition) is 3. The van der Waals surface area contributed by atoms with Crippen molar-refractivity contribution in [2.75, 3.05) is 4.90 Å². The number of ketones is 1. The van der Waals surface area contributed by atoms with Crippen LogP contribution in [-0.4, -0.2) is 27.5 Å². The van der Waals surface area contributed by atoms with E-state index in [1.807, 2.05) is 0 Å². The van der Waals surface area contributed by atoms with Crippen molar-refractivity contribution in [1.29, 1.82) is 0 Å². The van der Waals surface area contributed by atoms with Gasteiger partial charge in [-0.25, -0.2) is 9.78 Å². The molecule has 6 heteroatoms. The van der Waals surface area contributed by atoms with Gasteiger partial charge in [-0.2, -0.15) is 0 Å². The minimum Gasteiger partial charge on any atom is -0.465 e. The molecule has 0 fully saturated rings. The van der Waals surface area contributed by atoms with Crippen LogP contribution in [0.25, 0.3) is 0 Å². The number of carbonyl (C=O) groups excluding carboxylic acids is 1. The molecule has 5 nitrogen and oxygen atoms in total. The number of carboxylic acid groups (broad SMARTS) is 1. The predicted octanol–water partition coefficient (Wildman–Crippen LogP) is 3.61. The second kappa shape index (κ2) is 5.57. The van der Waals surface area contributed by atoms with Crippen LogP contribution in [-0.2, 0) is 0 Å². The van der Waals surface area contributed by atoms with Crippen LogP contribution in [0.5, 0.6) is 0 Å². The first-order valence-corrected chi connectivity index (χ1v) is 6.29. The second-order valence-corrected chi connectivity index (χ2v) is 5.46. The number of amides is 1. The zero-order valence-electron chi connectivity index (χ0n) is 11.4. The Morgan fingerprint density at radius 1 is 1.37 bits per heavy atom. The smallest absolute Gasteiger partial charge is 0.413 e.